The molecule has 1 unspecified atom stereocenters. The number of ether oxygens (including phenoxy) is 1. The maximum atomic E-state index is 6.18. The van der Waals surface area contributed by atoms with Crippen LogP contribution in [0.15, 0.2) is 0 Å². The monoisotopic (exact) mass is 216 g/mol. The number of nitrogens with zero attached hydrogens (tertiary/aromatic N) is 1. The zero-order chi connectivity index (χ0) is 12.1. The minimum absolute atomic E-state index is 0.167. The lowest BCUT2D eigenvalue weighted by molar-refractivity contribution is 0.111. The summed E-state index contributed by atoms with van der Waals surface area (Å²) in [6.07, 6.45) is 0. The van der Waals surface area contributed by atoms with Gasteiger partial charge >= 0.3 is 0 Å². The summed E-state index contributed by atoms with van der Waals surface area (Å²) in [6.45, 7) is 13.6. The second-order valence-electron chi connectivity index (χ2n) is 5.55. The molecular weight excluding hydrogens is 188 g/mol. The Kier molecular flexibility index (Phi) is 6.41. The van der Waals surface area contributed by atoms with Crippen molar-refractivity contribution in [3.05, 3.63) is 0 Å². The lowest BCUT2D eigenvalue weighted by atomic mass is 9.87. The Bertz CT molecular complexity index is 163. The molecule has 3 nitrogen and oxygen atoms in total. The van der Waals surface area contributed by atoms with Crippen LogP contribution in [-0.4, -0.2) is 43.8 Å². The van der Waals surface area contributed by atoms with Crippen LogP contribution in [0.3, 0.4) is 0 Å². The van der Waals surface area contributed by atoms with Crippen molar-refractivity contribution in [3.8, 4) is 0 Å². The summed E-state index contributed by atoms with van der Waals surface area (Å²) in [5.74, 6) is 0. The first-order valence-corrected chi connectivity index (χ1v) is 5.77. The van der Waals surface area contributed by atoms with Crippen LogP contribution in [0.5, 0.6) is 0 Å². The molecule has 0 aliphatic heterocycles. The summed E-state index contributed by atoms with van der Waals surface area (Å²) in [6, 6.07) is 0.727. The largest absolute Gasteiger partial charge is 0.383 e. The van der Waals surface area contributed by atoms with Gasteiger partial charge in [-0.2, -0.15) is 0 Å². The first kappa shape index (κ1) is 14.9. The number of methoxy groups -OCH3 is 1. The van der Waals surface area contributed by atoms with Gasteiger partial charge in [-0.3, -0.25) is 4.90 Å². The smallest absolute Gasteiger partial charge is 0.0589 e. The van der Waals surface area contributed by atoms with Crippen molar-refractivity contribution >= 4 is 0 Å². The molecule has 0 heterocycles. The molecule has 0 bridgehead atoms. The fourth-order valence-electron chi connectivity index (χ4n) is 1.30. The van der Waals surface area contributed by atoms with Crippen LogP contribution in [0, 0.1) is 5.41 Å². The van der Waals surface area contributed by atoms with Crippen molar-refractivity contribution in [1.29, 1.82) is 0 Å². The van der Waals surface area contributed by atoms with Crippen LogP contribution >= 0.6 is 0 Å². The van der Waals surface area contributed by atoms with E-state index in [0.717, 1.165) is 19.7 Å². The van der Waals surface area contributed by atoms with Crippen LogP contribution in [0.25, 0.3) is 0 Å². The molecule has 0 aliphatic rings. The molecule has 3 heteroatoms. The summed E-state index contributed by atoms with van der Waals surface area (Å²) in [5, 5.41) is 0. The van der Waals surface area contributed by atoms with Gasteiger partial charge in [-0.1, -0.05) is 20.8 Å². The van der Waals surface area contributed by atoms with Crippen molar-refractivity contribution in [2.45, 2.75) is 46.7 Å². The normalized spacial score (nSPS) is 15.0. The summed E-state index contributed by atoms with van der Waals surface area (Å²) in [4.78, 5) is 2.37. The van der Waals surface area contributed by atoms with Crippen LogP contribution in [-0.2, 0) is 4.74 Å². The topological polar surface area (TPSA) is 38.5 Å². The molecule has 92 valence electrons. The molecule has 0 aromatic rings. The van der Waals surface area contributed by atoms with Gasteiger partial charge in [0.2, 0.25) is 0 Å². The Balaban J connectivity index is 4.16. The van der Waals surface area contributed by atoms with Crippen molar-refractivity contribution in [3.63, 3.8) is 0 Å². The molecule has 0 aliphatic carbocycles. The Morgan fingerprint density at radius 3 is 2.13 bits per heavy atom. The third-order valence-corrected chi connectivity index (χ3v) is 2.86. The molecular formula is C12H28N2O. The molecule has 0 aromatic carbocycles. The standard InChI is InChI=1S/C12H28N2O/c1-10(2)14(7-8-15-6)9-11(13)12(3,4)5/h10-11H,7-9,13H2,1-6H3. The first-order chi connectivity index (χ1) is 6.79. The van der Waals surface area contributed by atoms with Crippen LogP contribution in [0.1, 0.15) is 34.6 Å². The van der Waals surface area contributed by atoms with Crippen LogP contribution in [0.4, 0.5) is 0 Å². The third-order valence-electron chi connectivity index (χ3n) is 2.86. The van der Waals surface area contributed by atoms with Crippen molar-refractivity contribution in [1.82, 2.24) is 4.90 Å². The Labute approximate surface area is 95.0 Å². The summed E-state index contributed by atoms with van der Waals surface area (Å²) < 4.78 is 5.11. The average molecular weight is 216 g/mol. The highest BCUT2D eigenvalue weighted by Gasteiger charge is 2.23. The van der Waals surface area contributed by atoms with Gasteiger partial charge in [0.1, 0.15) is 0 Å². The molecule has 0 fully saturated rings. The first-order valence-electron chi connectivity index (χ1n) is 5.77. The maximum absolute atomic E-state index is 6.18. The van der Waals surface area contributed by atoms with Gasteiger partial charge in [0.05, 0.1) is 6.61 Å². The highest BCUT2D eigenvalue weighted by Crippen LogP contribution is 2.18. The second kappa shape index (κ2) is 6.46. The van der Waals surface area contributed by atoms with E-state index in [2.05, 4.69) is 39.5 Å². The van der Waals surface area contributed by atoms with Gasteiger partial charge in [-0.05, 0) is 19.3 Å². The van der Waals surface area contributed by atoms with Crippen LogP contribution < -0.4 is 5.73 Å². The predicted octanol–water partition coefficient (Wildman–Crippen LogP) is 1.72. The molecule has 0 saturated heterocycles. The highest BCUT2D eigenvalue weighted by atomic mass is 16.5. The fraction of sp³-hybridized carbons (Fsp3) is 1.00. The van der Waals surface area contributed by atoms with Crippen molar-refractivity contribution in [2.24, 2.45) is 11.1 Å². The SMILES string of the molecule is COCCN(CC(N)C(C)(C)C)C(C)C. The van der Waals surface area contributed by atoms with Gasteiger partial charge in [0.25, 0.3) is 0 Å². The lowest BCUT2D eigenvalue weighted by Gasteiger charge is -2.34. The summed E-state index contributed by atoms with van der Waals surface area (Å²) in [7, 11) is 1.74. The van der Waals surface area contributed by atoms with Gasteiger partial charge in [0.15, 0.2) is 0 Å². The highest BCUT2D eigenvalue weighted by molar-refractivity contribution is 4.81. The third kappa shape index (κ3) is 6.13. The van der Waals surface area contributed by atoms with E-state index in [1.165, 1.54) is 0 Å². The number of nitrogens with two attached hydrogens (primary N) is 1. The molecule has 1 atom stereocenters. The van der Waals surface area contributed by atoms with E-state index >= 15 is 0 Å². The zero-order valence-corrected chi connectivity index (χ0v) is 11.2. The number of rotatable bonds is 6. The van der Waals surface area contributed by atoms with E-state index in [4.69, 9.17) is 10.5 Å². The van der Waals surface area contributed by atoms with Crippen molar-refractivity contribution in [2.75, 3.05) is 26.8 Å². The zero-order valence-electron chi connectivity index (χ0n) is 11.2. The van der Waals surface area contributed by atoms with Gasteiger partial charge < -0.3 is 10.5 Å². The second-order valence-corrected chi connectivity index (χ2v) is 5.55. The minimum Gasteiger partial charge on any atom is -0.383 e. The molecule has 15 heavy (non-hydrogen) atoms. The quantitative estimate of drug-likeness (QED) is 0.734. The van der Waals surface area contributed by atoms with Crippen molar-refractivity contribution < 1.29 is 4.74 Å². The molecule has 0 amide bonds. The number of hydrogen-bond acceptors (Lipinski definition) is 3. The van der Waals surface area contributed by atoms with Gasteiger partial charge in [-0.25, -0.2) is 0 Å². The maximum Gasteiger partial charge on any atom is 0.0589 e. The Hall–Kier alpha value is -0.120. The molecule has 0 saturated carbocycles. The summed E-state index contributed by atoms with van der Waals surface area (Å²) in [5.41, 5.74) is 6.35. The molecule has 2 N–H and O–H groups in total. The molecule has 0 radical (unpaired) electrons. The molecule has 0 spiro atoms. The average Bonchev–Trinajstić information content (AvgIpc) is 2.09. The lowest BCUT2D eigenvalue weighted by Crippen LogP contribution is -2.48. The van der Waals surface area contributed by atoms with Gasteiger partial charge in [0, 0.05) is 32.3 Å². The minimum atomic E-state index is 0.167. The Morgan fingerprint density at radius 1 is 1.27 bits per heavy atom. The molecule has 0 aromatic heterocycles. The number of hydrogen-bond donors (Lipinski definition) is 1. The van der Waals surface area contributed by atoms with E-state index < -0.39 is 0 Å². The van der Waals surface area contributed by atoms with Crippen LogP contribution in [0.2, 0.25) is 0 Å². The predicted molar refractivity (Wildman–Crippen MR) is 66.0 cm³/mol. The fourth-order valence-corrected chi connectivity index (χ4v) is 1.30. The van der Waals surface area contributed by atoms with E-state index in [-0.39, 0.29) is 11.5 Å². The van der Waals surface area contributed by atoms with E-state index in [9.17, 15) is 0 Å². The van der Waals surface area contributed by atoms with Gasteiger partial charge in [-0.15, -0.1) is 0 Å². The van der Waals surface area contributed by atoms with E-state index in [1.807, 2.05) is 0 Å². The molecule has 0 rings (SSSR count). The van der Waals surface area contributed by atoms with E-state index in [1.54, 1.807) is 7.11 Å². The van der Waals surface area contributed by atoms with E-state index in [0.29, 0.717) is 6.04 Å². The Morgan fingerprint density at radius 2 is 1.80 bits per heavy atom. The summed E-state index contributed by atoms with van der Waals surface area (Å²) >= 11 is 0.